The van der Waals surface area contributed by atoms with Crippen LogP contribution in [0.15, 0.2) is 59.1 Å². The molecule has 84 valence electrons. The fraction of sp³-hybridized carbons (Fsp3) is 0.0769. The molecule has 2 aromatic rings. The first-order valence-electron chi connectivity index (χ1n) is 4.88. The number of halogens is 2. The lowest BCUT2D eigenvalue weighted by atomic mass is 10.2. The van der Waals surface area contributed by atoms with Crippen molar-refractivity contribution in [2.75, 3.05) is 5.32 Å². The van der Waals surface area contributed by atoms with E-state index in [0.29, 0.717) is 0 Å². The Labute approximate surface area is 110 Å². The SMILES string of the molecule is Brc1ccc(NCc2ccccc2)cc1.Cl. The van der Waals surface area contributed by atoms with Crippen molar-refractivity contribution in [3.63, 3.8) is 0 Å². The molecule has 0 unspecified atom stereocenters. The predicted molar refractivity (Wildman–Crippen MR) is 75.2 cm³/mol. The van der Waals surface area contributed by atoms with Crippen LogP contribution in [0, 0.1) is 0 Å². The van der Waals surface area contributed by atoms with Crippen molar-refractivity contribution in [1.82, 2.24) is 0 Å². The third-order valence-corrected chi connectivity index (χ3v) is 2.71. The van der Waals surface area contributed by atoms with Crippen molar-refractivity contribution in [3.8, 4) is 0 Å². The van der Waals surface area contributed by atoms with Crippen LogP contribution in [0.25, 0.3) is 0 Å². The largest absolute Gasteiger partial charge is 0.381 e. The van der Waals surface area contributed by atoms with Gasteiger partial charge in [0.2, 0.25) is 0 Å². The highest BCUT2D eigenvalue weighted by molar-refractivity contribution is 9.10. The van der Waals surface area contributed by atoms with Crippen LogP contribution < -0.4 is 5.32 Å². The van der Waals surface area contributed by atoms with Gasteiger partial charge in [-0.3, -0.25) is 0 Å². The predicted octanol–water partition coefficient (Wildman–Crippen LogP) is 4.48. The molecule has 1 nitrogen and oxygen atoms in total. The smallest absolute Gasteiger partial charge is 0.0400 e. The lowest BCUT2D eigenvalue weighted by molar-refractivity contribution is 1.15. The molecule has 3 heteroatoms. The third-order valence-electron chi connectivity index (χ3n) is 2.18. The molecule has 16 heavy (non-hydrogen) atoms. The summed E-state index contributed by atoms with van der Waals surface area (Å²) in [4.78, 5) is 0. The maximum absolute atomic E-state index is 3.41. The minimum atomic E-state index is 0. The summed E-state index contributed by atoms with van der Waals surface area (Å²) in [6.45, 7) is 0.864. The maximum Gasteiger partial charge on any atom is 0.0400 e. The zero-order valence-electron chi connectivity index (χ0n) is 8.69. The van der Waals surface area contributed by atoms with Crippen LogP contribution >= 0.6 is 28.3 Å². The first-order chi connectivity index (χ1) is 7.34. The third kappa shape index (κ3) is 3.87. The van der Waals surface area contributed by atoms with Gasteiger partial charge in [-0.25, -0.2) is 0 Å². The topological polar surface area (TPSA) is 12.0 Å². The molecule has 0 fully saturated rings. The summed E-state index contributed by atoms with van der Waals surface area (Å²) in [6.07, 6.45) is 0. The van der Waals surface area contributed by atoms with Gasteiger partial charge in [0.05, 0.1) is 0 Å². The van der Waals surface area contributed by atoms with Gasteiger partial charge in [0.1, 0.15) is 0 Å². The van der Waals surface area contributed by atoms with E-state index in [1.807, 2.05) is 18.2 Å². The zero-order chi connectivity index (χ0) is 10.5. The summed E-state index contributed by atoms with van der Waals surface area (Å²) in [6, 6.07) is 18.6. The van der Waals surface area contributed by atoms with Crippen molar-refractivity contribution in [1.29, 1.82) is 0 Å². The summed E-state index contributed by atoms with van der Waals surface area (Å²) < 4.78 is 1.10. The van der Waals surface area contributed by atoms with Crippen LogP contribution in [0.4, 0.5) is 5.69 Å². The normalized spacial score (nSPS) is 9.31. The summed E-state index contributed by atoms with van der Waals surface area (Å²) >= 11 is 3.41. The second-order valence-corrected chi connectivity index (χ2v) is 4.26. The van der Waals surface area contributed by atoms with Crippen LogP contribution in [0.2, 0.25) is 0 Å². The van der Waals surface area contributed by atoms with Crippen molar-refractivity contribution in [2.24, 2.45) is 0 Å². The Morgan fingerprint density at radius 1 is 0.875 bits per heavy atom. The molecule has 0 aliphatic carbocycles. The van der Waals surface area contributed by atoms with Crippen molar-refractivity contribution >= 4 is 34.0 Å². The summed E-state index contributed by atoms with van der Waals surface area (Å²) in [5.74, 6) is 0. The molecule has 2 rings (SSSR count). The average molecular weight is 299 g/mol. The number of hydrogen-bond donors (Lipinski definition) is 1. The Morgan fingerprint density at radius 3 is 2.12 bits per heavy atom. The minimum absolute atomic E-state index is 0. The van der Waals surface area contributed by atoms with Gasteiger partial charge in [0.15, 0.2) is 0 Å². The van der Waals surface area contributed by atoms with Gasteiger partial charge in [-0.1, -0.05) is 46.3 Å². The highest BCUT2D eigenvalue weighted by Crippen LogP contribution is 2.14. The van der Waals surface area contributed by atoms with E-state index in [1.165, 1.54) is 5.56 Å². The molecule has 0 bridgehead atoms. The highest BCUT2D eigenvalue weighted by atomic mass is 79.9. The molecule has 0 aliphatic rings. The molecule has 0 saturated carbocycles. The van der Waals surface area contributed by atoms with Crippen molar-refractivity contribution in [2.45, 2.75) is 6.54 Å². The van der Waals surface area contributed by atoms with E-state index in [2.05, 4.69) is 57.6 Å². The van der Waals surface area contributed by atoms with E-state index in [4.69, 9.17) is 0 Å². The van der Waals surface area contributed by atoms with Crippen LogP contribution in [0.1, 0.15) is 5.56 Å². The molecule has 0 aliphatic heterocycles. The molecule has 0 amide bonds. The first-order valence-corrected chi connectivity index (χ1v) is 5.67. The molecule has 1 N–H and O–H groups in total. The summed E-state index contributed by atoms with van der Waals surface area (Å²) in [5, 5.41) is 3.37. The fourth-order valence-corrected chi connectivity index (χ4v) is 1.63. The molecular weight excluding hydrogens is 286 g/mol. The molecule has 0 radical (unpaired) electrons. The van der Waals surface area contributed by atoms with Gasteiger partial charge in [-0.2, -0.15) is 0 Å². The lowest BCUT2D eigenvalue weighted by Crippen LogP contribution is -1.98. The van der Waals surface area contributed by atoms with E-state index in [9.17, 15) is 0 Å². The Hall–Kier alpha value is -0.990. The standard InChI is InChI=1S/C13H12BrN.ClH/c14-12-6-8-13(9-7-12)15-10-11-4-2-1-3-5-11;/h1-9,15H,10H2;1H. The van der Waals surface area contributed by atoms with Crippen LogP contribution in [-0.2, 0) is 6.54 Å². The average Bonchev–Trinajstić information content (AvgIpc) is 2.30. The summed E-state index contributed by atoms with van der Waals surface area (Å²) in [7, 11) is 0. The Bertz CT molecular complexity index is 414. The van der Waals surface area contributed by atoms with Gasteiger partial charge in [0, 0.05) is 16.7 Å². The van der Waals surface area contributed by atoms with E-state index in [-0.39, 0.29) is 12.4 Å². The van der Waals surface area contributed by atoms with Crippen molar-refractivity contribution in [3.05, 3.63) is 64.6 Å². The number of hydrogen-bond acceptors (Lipinski definition) is 1. The fourth-order valence-electron chi connectivity index (χ4n) is 1.37. The Kier molecular flexibility index (Phi) is 5.36. The highest BCUT2D eigenvalue weighted by Gasteiger charge is 1.92. The van der Waals surface area contributed by atoms with E-state index < -0.39 is 0 Å². The maximum atomic E-state index is 3.41. The number of nitrogens with one attached hydrogen (secondary N) is 1. The number of benzene rings is 2. The second-order valence-electron chi connectivity index (χ2n) is 3.35. The minimum Gasteiger partial charge on any atom is -0.381 e. The number of rotatable bonds is 3. The van der Waals surface area contributed by atoms with Crippen LogP contribution in [0.3, 0.4) is 0 Å². The molecule has 0 heterocycles. The van der Waals surface area contributed by atoms with Gasteiger partial charge in [0.25, 0.3) is 0 Å². The molecule has 0 saturated heterocycles. The van der Waals surface area contributed by atoms with Crippen molar-refractivity contribution < 1.29 is 0 Å². The summed E-state index contributed by atoms with van der Waals surface area (Å²) in [5.41, 5.74) is 2.43. The Balaban J connectivity index is 0.00000128. The molecule has 0 spiro atoms. The molecule has 0 atom stereocenters. The van der Waals surface area contributed by atoms with Gasteiger partial charge in [-0.15, -0.1) is 12.4 Å². The second kappa shape index (κ2) is 6.56. The molecule has 0 aromatic heterocycles. The quantitative estimate of drug-likeness (QED) is 0.881. The van der Waals surface area contributed by atoms with E-state index in [1.54, 1.807) is 0 Å². The number of anilines is 1. The molecule has 2 aromatic carbocycles. The van der Waals surface area contributed by atoms with E-state index in [0.717, 1.165) is 16.7 Å². The molecular formula is C13H13BrClN. The van der Waals surface area contributed by atoms with Crippen LogP contribution in [-0.4, -0.2) is 0 Å². The van der Waals surface area contributed by atoms with Gasteiger partial charge < -0.3 is 5.32 Å². The monoisotopic (exact) mass is 297 g/mol. The van der Waals surface area contributed by atoms with Gasteiger partial charge >= 0.3 is 0 Å². The Morgan fingerprint density at radius 2 is 1.50 bits per heavy atom. The lowest BCUT2D eigenvalue weighted by Gasteiger charge is -2.06. The first kappa shape index (κ1) is 13.1. The van der Waals surface area contributed by atoms with E-state index >= 15 is 0 Å². The zero-order valence-corrected chi connectivity index (χ0v) is 11.1. The van der Waals surface area contributed by atoms with Gasteiger partial charge in [-0.05, 0) is 29.8 Å². The van der Waals surface area contributed by atoms with Crippen LogP contribution in [0.5, 0.6) is 0 Å².